The molecule has 1 saturated heterocycles. The lowest BCUT2D eigenvalue weighted by Crippen LogP contribution is -2.40. The molecule has 0 spiro atoms. The molecule has 0 N–H and O–H groups in total. The molecule has 1 aromatic carbocycles. The molecule has 1 aromatic rings. The normalized spacial score (nSPS) is 17.8. The Morgan fingerprint density at radius 1 is 1.18 bits per heavy atom. The summed E-state index contributed by atoms with van der Waals surface area (Å²) in [6.45, 7) is 1.51. The van der Waals surface area contributed by atoms with Gasteiger partial charge in [0.1, 0.15) is 0 Å². The Labute approximate surface area is 137 Å². The molecular weight excluding hydrogens is 359 g/mol. The topological polar surface area (TPSA) is 12.5 Å². The SMILES string of the molecule is FC(F)(F)CN1CCC(CCOCc2ccccc2Br)CC1. The molecule has 0 aliphatic carbocycles. The van der Waals surface area contributed by atoms with E-state index in [1.54, 1.807) is 0 Å². The fourth-order valence-corrected chi connectivity index (χ4v) is 3.13. The van der Waals surface area contributed by atoms with Gasteiger partial charge in [-0.3, -0.25) is 4.90 Å². The van der Waals surface area contributed by atoms with E-state index in [2.05, 4.69) is 15.9 Å². The van der Waals surface area contributed by atoms with Crippen molar-refractivity contribution >= 4 is 15.9 Å². The maximum Gasteiger partial charge on any atom is 0.401 e. The summed E-state index contributed by atoms with van der Waals surface area (Å²) in [4.78, 5) is 1.50. The van der Waals surface area contributed by atoms with Gasteiger partial charge >= 0.3 is 6.18 Å². The summed E-state index contributed by atoms with van der Waals surface area (Å²) in [5.74, 6) is 0.476. The van der Waals surface area contributed by atoms with Crippen LogP contribution in [-0.2, 0) is 11.3 Å². The smallest absolute Gasteiger partial charge is 0.377 e. The van der Waals surface area contributed by atoms with Crippen molar-refractivity contribution in [2.75, 3.05) is 26.2 Å². The van der Waals surface area contributed by atoms with E-state index in [-0.39, 0.29) is 0 Å². The predicted molar refractivity (Wildman–Crippen MR) is 83.6 cm³/mol. The average molecular weight is 380 g/mol. The average Bonchev–Trinajstić information content (AvgIpc) is 2.45. The Morgan fingerprint density at radius 2 is 1.86 bits per heavy atom. The van der Waals surface area contributed by atoms with Crippen LogP contribution in [-0.4, -0.2) is 37.3 Å². The van der Waals surface area contributed by atoms with Crippen molar-refractivity contribution in [3.05, 3.63) is 34.3 Å². The molecule has 1 aliphatic rings. The predicted octanol–water partition coefficient (Wildman–Crippen LogP) is 4.63. The summed E-state index contributed by atoms with van der Waals surface area (Å²) in [6.07, 6.45) is -1.51. The molecule has 1 fully saturated rings. The highest BCUT2D eigenvalue weighted by molar-refractivity contribution is 9.10. The number of rotatable bonds is 6. The van der Waals surface area contributed by atoms with Gasteiger partial charge in [-0.2, -0.15) is 13.2 Å². The summed E-state index contributed by atoms with van der Waals surface area (Å²) in [5, 5.41) is 0. The quantitative estimate of drug-likeness (QED) is 0.668. The molecule has 0 bridgehead atoms. The van der Waals surface area contributed by atoms with Crippen LogP contribution in [0.4, 0.5) is 13.2 Å². The first-order valence-corrected chi connectivity index (χ1v) is 8.33. The molecule has 124 valence electrons. The molecule has 2 rings (SSSR count). The molecule has 0 saturated carbocycles. The van der Waals surface area contributed by atoms with Crippen molar-refractivity contribution in [2.45, 2.75) is 32.0 Å². The molecule has 0 aromatic heterocycles. The van der Waals surface area contributed by atoms with E-state index in [9.17, 15) is 13.2 Å². The van der Waals surface area contributed by atoms with Gasteiger partial charge < -0.3 is 4.74 Å². The lowest BCUT2D eigenvalue weighted by molar-refractivity contribution is -0.148. The Hall–Kier alpha value is -0.590. The van der Waals surface area contributed by atoms with E-state index in [0.717, 1.165) is 29.3 Å². The van der Waals surface area contributed by atoms with Crippen molar-refractivity contribution in [2.24, 2.45) is 5.92 Å². The summed E-state index contributed by atoms with van der Waals surface area (Å²) in [7, 11) is 0. The zero-order valence-corrected chi connectivity index (χ0v) is 14.0. The van der Waals surface area contributed by atoms with Crippen LogP contribution in [0.25, 0.3) is 0 Å². The standard InChI is InChI=1S/C16H21BrF3NO/c17-15-4-2-1-3-14(15)11-22-10-7-13-5-8-21(9-6-13)12-16(18,19)20/h1-4,13H,5-12H2. The van der Waals surface area contributed by atoms with E-state index in [1.165, 1.54) is 4.90 Å². The first-order chi connectivity index (χ1) is 10.4. The first kappa shape index (κ1) is 17.8. The van der Waals surface area contributed by atoms with E-state index in [1.807, 2.05) is 24.3 Å². The number of alkyl halides is 3. The minimum atomic E-state index is -4.08. The fraction of sp³-hybridized carbons (Fsp3) is 0.625. The van der Waals surface area contributed by atoms with Gasteiger partial charge in [-0.05, 0) is 49.9 Å². The largest absolute Gasteiger partial charge is 0.401 e. The lowest BCUT2D eigenvalue weighted by Gasteiger charge is -2.32. The number of ether oxygens (including phenoxy) is 1. The Balaban J connectivity index is 1.60. The number of halogens is 4. The molecule has 0 radical (unpaired) electrons. The van der Waals surface area contributed by atoms with Crippen LogP contribution in [0.5, 0.6) is 0 Å². The summed E-state index contributed by atoms with van der Waals surface area (Å²) >= 11 is 3.48. The fourth-order valence-electron chi connectivity index (χ4n) is 2.73. The Morgan fingerprint density at radius 3 is 2.50 bits per heavy atom. The monoisotopic (exact) mass is 379 g/mol. The summed E-state index contributed by atoms with van der Waals surface area (Å²) in [5.41, 5.74) is 1.11. The second kappa shape index (κ2) is 8.31. The van der Waals surface area contributed by atoms with E-state index < -0.39 is 12.7 Å². The third-order valence-corrected chi connectivity index (χ3v) is 4.77. The number of hydrogen-bond acceptors (Lipinski definition) is 2. The van der Waals surface area contributed by atoms with E-state index in [0.29, 0.717) is 32.2 Å². The van der Waals surface area contributed by atoms with Gasteiger partial charge in [0.05, 0.1) is 13.2 Å². The highest BCUT2D eigenvalue weighted by Gasteiger charge is 2.32. The van der Waals surface area contributed by atoms with Crippen LogP contribution in [0.1, 0.15) is 24.8 Å². The molecule has 0 unspecified atom stereocenters. The maximum absolute atomic E-state index is 12.3. The lowest BCUT2D eigenvalue weighted by atomic mass is 9.94. The van der Waals surface area contributed by atoms with E-state index >= 15 is 0 Å². The van der Waals surface area contributed by atoms with Crippen LogP contribution >= 0.6 is 15.9 Å². The van der Waals surface area contributed by atoms with Gasteiger partial charge in [0.15, 0.2) is 0 Å². The number of likely N-dealkylation sites (tertiary alicyclic amines) is 1. The maximum atomic E-state index is 12.3. The van der Waals surface area contributed by atoms with Crippen molar-refractivity contribution in [1.82, 2.24) is 4.90 Å². The van der Waals surface area contributed by atoms with Crippen LogP contribution in [0.2, 0.25) is 0 Å². The van der Waals surface area contributed by atoms with Gasteiger partial charge in [-0.25, -0.2) is 0 Å². The van der Waals surface area contributed by atoms with Crippen LogP contribution in [0.3, 0.4) is 0 Å². The van der Waals surface area contributed by atoms with Gasteiger partial charge in [0.25, 0.3) is 0 Å². The van der Waals surface area contributed by atoms with Gasteiger partial charge in [0.2, 0.25) is 0 Å². The first-order valence-electron chi connectivity index (χ1n) is 7.54. The Kier molecular flexibility index (Phi) is 6.71. The highest BCUT2D eigenvalue weighted by Crippen LogP contribution is 2.24. The van der Waals surface area contributed by atoms with Gasteiger partial charge in [0, 0.05) is 11.1 Å². The molecule has 22 heavy (non-hydrogen) atoms. The van der Waals surface area contributed by atoms with Crippen LogP contribution < -0.4 is 0 Å². The zero-order chi connectivity index (χ0) is 16.0. The highest BCUT2D eigenvalue weighted by atomic mass is 79.9. The third kappa shape index (κ3) is 6.26. The number of nitrogens with zero attached hydrogens (tertiary/aromatic N) is 1. The molecule has 1 heterocycles. The molecule has 2 nitrogen and oxygen atoms in total. The van der Waals surface area contributed by atoms with Crippen molar-refractivity contribution < 1.29 is 17.9 Å². The third-order valence-electron chi connectivity index (χ3n) is 4.00. The molecule has 0 atom stereocenters. The number of benzene rings is 1. The molecule has 6 heteroatoms. The minimum Gasteiger partial charge on any atom is -0.377 e. The minimum absolute atomic E-state index is 0.476. The van der Waals surface area contributed by atoms with Crippen LogP contribution in [0, 0.1) is 5.92 Å². The van der Waals surface area contributed by atoms with E-state index in [4.69, 9.17) is 4.74 Å². The zero-order valence-electron chi connectivity index (χ0n) is 12.4. The van der Waals surface area contributed by atoms with Gasteiger partial charge in [-0.1, -0.05) is 34.1 Å². The molecule has 1 aliphatic heterocycles. The number of hydrogen-bond donors (Lipinski definition) is 0. The Bertz CT molecular complexity index is 459. The molecule has 0 amide bonds. The van der Waals surface area contributed by atoms with Crippen molar-refractivity contribution in [3.63, 3.8) is 0 Å². The summed E-state index contributed by atoms with van der Waals surface area (Å²) < 4.78 is 43.7. The van der Waals surface area contributed by atoms with Crippen LogP contribution in [0.15, 0.2) is 28.7 Å². The van der Waals surface area contributed by atoms with Gasteiger partial charge in [-0.15, -0.1) is 0 Å². The summed E-state index contributed by atoms with van der Waals surface area (Å²) in [6, 6.07) is 7.93. The second-order valence-corrected chi connectivity index (χ2v) is 6.62. The molecular formula is C16H21BrF3NO. The number of piperidine rings is 1. The second-order valence-electron chi connectivity index (χ2n) is 5.77. The van der Waals surface area contributed by atoms with Crippen molar-refractivity contribution in [3.8, 4) is 0 Å². The van der Waals surface area contributed by atoms with Crippen molar-refractivity contribution in [1.29, 1.82) is 0 Å².